The molecular weight excluding hydrogens is 180 g/mol. The van der Waals surface area contributed by atoms with Gasteiger partial charge in [0.1, 0.15) is 0 Å². The van der Waals surface area contributed by atoms with E-state index in [9.17, 15) is 9.90 Å². The van der Waals surface area contributed by atoms with Gasteiger partial charge in [0, 0.05) is 20.0 Å². The SMILES string of the molecule is CNC(=O)CCNCC1CCC(O)C1. The standard InChI is InChI=1S/C10H20N2O2/c1-11-10(14)4-5-12-7-8-2-3-9(13)6-8/h8-9,12-13H,2-7H2,1H3,(H,11,14). The Morgan fingerprint density at radius 3 is 2.86 bits per heavy atom. The van der Waals surface area contributed by atoms with Crippen LogP contribution >= 0.6 is 0 Å². The lowest BCUT2D eigenvalue weighted by atomic mass is 10.1. The van der Waals surface area contributed by atoms with E-state index in [1.165, 1.54) is 0 Å². The van der Waals surface area contributed by atoms with E-state index in [0.29, 0.717) is 12.3 Å². The quantitative estimate of drug-likeness (QED) is 0.542. The molecule has 4 nitrogen and oxygen atoms in total. The Labute approximate surface area is 85.1 Å². The van der Waals surface area contributed by atoms with Crippen molar-refractivity contribution in [2.45, 2.75) is 31.8 Å². The van der Waals surface area contributed by atoms with Gasteiger partial charge in [-0.25, -0.2) is 0 Å². The van der Waals surface area contributed by atoms with Crippen LogP contribution in [0.4, 0.5) is 0 Å². The Hall–Kier alpha value is -0.610. The van der Waals surface area contributed by atoms with Crippen molar-refractivity contribution in [2.24, 2.45) is 5.92 Å². The van der Waals surface area contributed by atoms with Crippen LogP contribution in [0.15, 0.2) is 0 Å². The van der Waals surface area contributed by atoms with Crippen LogP contribution in [0.2, 0.25) is 0 Å². The lowest BCUT2D eigenvalue weighted by molar-refractivity contribution is -0.120. The predicted octanol–water partition coefficient (Wildman–Crippen LogP) is -0.127. The monoisotopic (exact) mass is 200 g/mol. The van der Waals surface area contributed by atoms with Gasteiger partial charge in [-0.15, -0.1) is 0 Å². The molecule has 0 aromatic rings. The molecule has 0 spiro atoms. The molecule has 2 unspecified atom stereocenters. The molecule has 0 radical (unpaired) electrons. The molecule has 1 rings (SSSR count). The van der Waals surface area contributed by atoms with Crippen LogP contribution in [-0.4, -0.2) is 37.3 Å². The van der Waals surface area contributed by atoms with Crippen molar-refractivity contribution in [1.29, 1.82) is 0 Å². The molecule has 0 bridgehead atoms. The molecule has 0 aliphatic heterocycles. The highest BCUT2D eigenvalue weighted by molar-refractivity contribution is 5.75. The third-order valence-electron chi connectivity index (χ3n) is 2.75. The molecular formula is C10H20N2O2. The van der Waals surface area contributed by atoms with Gasteiger partial charge in [0.2, 0.25) is 5.91 Å². The predicted molar refractivity (Wildman–Crippen MR) is 54.9 cm³/mol. The lowest BCUT2D eigenvalue weighted by Gasteiger charge is -2.10. The van der Waals surface area contributed by atoms with Crippen molar-refractivity contribution in [3.05, 3.63) is 0 Å². The average molecular weight is 200 g/mol. The van der Waals surface area contributed by atoms with E-state index >= 15 is 0 Å². The minimum Gasteiger partial charge on any atom is -0.393 e. The summed E-state index contributed by atoms with van der Waals surface area (Å²) in [6, 6.07) is 0. The molecule has 2 atom stereocenters. The smallest absolute Gasteiger partial charge is 0.221 e. The second-order valence-electron chi connectivity index (χ2n) is 3.96. The zero-order chi connectivity index (χ0) is 10.4. The number of nitrogens with one attached hydrogen (secondary N) is 2. The molecule has 4 heteroatoms. The van der Waals surface area contributed by atoms with Crippen molar-refractivity contribution in [1.82, 2.24) is 10.6 Å². The Bertz CT molecular complexity index is 185. The second-order valence-corrected chi connectivity index (χ2v) is 3.96. The summed E-state index contributed by atoms with van der Waals surface area (Å²) in [5.41, 5.74) is 0. The molecule has 0 saturated heterocycles. The zero-order valence-electron chi connectivity index (χ0n) is 8.75. The number of hydrogen-bond acceptors (Lipinski definition) is 3. The summed E-state index contributed by atoms with van der Waals surface area (Å²) < 4.78 is 0. The molecule has 1 aliphatic rings. The Morgan fingerprint density at radius 2 is 2.29 bits per heavy atom. The first kappa shape index (κ1) is 11.5. The molecule has 1 saturated carbocycles. The highest BCUT2D eigenvalue weighted by Crippen LogP contribution is 2.24. The first-order valence-electron chi connectivity index (χ1n) is 5.31. The van der Waals surface area contributed by atoms with Crippen molar-refractivity contribution in [3.63, 3.8) is 0 Å². The minimum atomic E-state index is -0.0965. The Balaban J connectivity index is 1.96. The Kier molecular flexibility index (Phi) is 4.90. The van der Waals surface area contributed by atoms with Gasteiger partial charge in [-0.05, 0) is 31.7 Å². The number of amides is 1. The van der Waals surface area contributed by atoms with Crippen LogP contribution in [-0.2, 0) is 4.79 Å². The van der Waals surface area contributed by atoms with Gasteiger partial charge < -0.3 is 15.7 Å². The van der Waals surface area contributed by atoms with E-state index in [-0.39, 0.29) is 12.0 Å². The fourth-order valence-electron chi connectivity index (χ4n) is 1.87. The number of aliphatic hydroxyl groups excluding tert-OH is 1. The lowest BCUT2D eigenvalue weighted by Crippen LogP contribution is -2.27. The molecule has 82 valence electrons. The van der Waals surface area contributed by atoms with Gasteiger partial charge in [-0.2, -0.15) is 0 Å². The molecule has 14 heavy (non-hydrogen) atoms. The van der Waals surface area contributed by atoms with Crippen molar-refractivity contribution in [3.8, 4) is 0 Å². The minimum absolute atomic E-state index is 0.0731. The summed E-state index contributed by atoms with van der Waals surface area (Å²) in [5.74, 6) is 0.665. The summed E-state index contributed by atoms with van der Waals surface area (Å²) >= 11 is 0. The Morgan fingerprint density at radius 1 is 1.50 bits per heavy atom. The average Bonchev–Trinajstić information content (AvgIpc) is 2.58. The molecule has 0 aromatic carbocycles. The maximum Gasteiger partial charge on any atom is 0.221 e. The van der Waals surface area contributed by atoms with E-state index in [2.05, 4.69) is 10.6 Å². The van der Waals surface area contributed by atoms with E-state index in [1.54, 1.807) is 7.05 Å². The molecule has 1 aliphatic carbocycles. The van der Waals surface area contributed by atoms with Gasteiger partial charge in [0.15, 0.2) is 0 Å². The third kappa shape index (κ3) is 4.07. The summed E-state index contributed by atoms with van der Waals surface area (Å²) in [6.07, 6.45) is 3.38. The van der Waals surface area contributed by atoms with Gasteiger partial charge in [-0.3, -0.25) is 4.79 Å². The molecule has 0 aromatic heterocycles. The normalized spacial score (nSPS) is 26.4. The van der Waals surface area contributed by atoms with E-state index in [0.717, 1.165) is 32.4 Å². The summed E-state index contributed by atoms with van der Waals surface area (Å²) in [5, 5.41) is 15.1. The first-order chi connectivity index (χ1) is 6.72. The fourth-order valence-corrected chi connectivity index (χ4v) is 1.87. The van der Waals surface area contributed by atoms with E-state index < -0.39 is 0 Å². The number of aliphatic hydroxyl groups is 1. The van der Waals surface area contributed by atoms with Gasteiger partial charge >= 0.3 is 0 Å². The second kappa shape index (κ2) is 5.98. The molecule has 3 N–H and O–H groups in total. The highest BCUT2D eigenvalue weighted by atomic mass is 16.3. The molecule has 0 heterocycles. The van der Waals surface area contributed by atoms with Crippen LogP contribution in [0, 0.1) is 5.92 Å². The van der Waals surface area contributed by atoms with E-state index in [4.69, 9.17) is 0 Å². The highest BCUT2D eigenvalue weighted by Gasteiger charge is 2.21. The third-order valence-corrected chi connectivity index (χ3v) is 2.75. The number of carbonyl (C=O) groups excluding carboxylic acids is 1. The number of rotatable bonds is 5. The molecule has 1 amide bonds. The molecule has 1 fully saturated rings. The van der Waals surface area contributed by atoms with Crippen LogP contribution in [0.3, 0.4) is 0 Å². The van der Waals surface area contributed by atoms with Gasteiger partial charge in [0.05, 0.1) is 6.10 Å². The fraction of sp³-hybridized carbons (Fsp3) is 0.900. The van der Waals surface area contributed by atoms with E-state index in [1.807, 2.05) is 0 Å². The summed E-state index contributed by atoms with van der Waals surface area (Å²) in [4.78, 5) is 10.9. The maximum atomic E-state index is 10.9. The number of hydrogen-bond donors (Lipinski definition) is 3. The van der Waals surface area contributed by atoms with Crippen LogP contribution in [0.5, 0.6) is 0 Å². The van der Waals surface area contributed by atoms with Crippen molar-refractivity contribution >= 4 is 5.91 Å². The first-order valence-corrected chi connectivity index (χ1v) is 5.31. The van der Waals surface area contributed by atoms with Crippen LogP contribution in [0.25, 0.3) is 0 Å². The summed E-state index contributed by atoms with van der Waals surface area (Å²) in [7, 11) is 1.65. The van der Waals surface area contributed by atoms with Gasteiger partial charge in [-0.1, -0.05) is 0 Å². The van der Waals surface area contributed by atoms with Crippen LogP contribution < -0.4 is 10.6 Å². The zero-order valence-corrected chi connectivity index (χ0v) is 8.75. The number of carbonyl (C=O) groups is 1. The summed E-state index contributed by atoms with van der Waals surface area (Å²) in [6.45, 7) is 1.65. The van der Waals surface area contributed by atoms with Crippen molar-refractivity contribution in [2.75, 3.05) is 20.1 Å². The van der Waals surface area contributed by atoms with Crippen molar-refractivity contribution < 1.29 is 9.90 Å². The largest absolute Gasteiger partial charge is 0.393 e. The topological polar surface area (TPSA) is 61.4 Å². The van der Waals surface area contributed by atoms with Crippen LogP contribution in [0.1, 0.15) is 25.7 Å². The van der Waals surface area contributed by atoms with Gasteiger partial charge in [0.25, 0.3) is 0 Å². The maximum absolute atomic E-state index is 10.9.